The number of hydrogen-bond acceptors (Lipinski definition) is 6. The molecule has 0 aliphatic carbocycles. The maximum atomic E-state index is 13.8. The van der Waals surface area contributed by atoms with Gasteiger partial charge in [-0.05, 0) is 17.7 Å². The molecule has 0 saturated carbocycles. The Balaban J connectivity index is 1.85. The first-order valence-electron chi connectivity index (χ1n) is 8.75. The molecule has 0 bridgehead atoms. The van der Waals surface area contributed by atoms with Gasteiger partial charge in [-0.15, -0.1) is 5.10 Å². The van der Waals surface area contributed by atoms with Gasteiger partial charge in [0.05, 0.1) is 25.4 Å². The molecule has 0 unspecified atom stereocenters. The summed E-state index contributed by atoms with van der Waals surface area (Å²) in [5.41, 5.74) is -0.797. The summed E-state index contributed by atoms with van der Waals surface area (Å²) < 4.78 is 69.6. The predicted molar refractivity (Wildman–Crippen MR) is 91.3 cm³/mol. The summed E-state index contributed by atoms with van der Waals surface area (Å²) in [4.78, 5) is 0. The molecule has 160 valence electrons. The van der Waals surface area contributed by atoms with Crippen molar-refractivity contribution in [2.75, 3.05) is 13.7 Å². The molecule has 2 heterocycles. The number of methoxy groups -OCH3 is 1. The van der Waals surface area contributed by atoms with Crippen molar-refractivity contribution in [1.29, 1.82) is 0 Å². The fraction of sp³-hybridized carbons (Fsp3) is 0.500. The number of halogens is 4. The third kappa shape index (κ3) is 4.80. The zero-order valence-corrected chi connectivity index (χ0v) is 15.3. The number of H-pyrrole nitrogens is 1. The first-order chi connectivity index (χ1) is 13.7. The van der Waals surface area contributed by atoms with Gasteiger partial charge in [-0.1, -0.05) is 12.1 Å². The summed E-state index contributed by atoms with van der Waals surface area (Å²) in [5.74, 6) is 0.174. The fourth-order valence-corrected chi connectivity index (χ4v) is 3.04. The van der Waals surface area contributed by atoms with E-state index in [0.29, 0.717) is 11.3 Å². The lowest BCUT2D eigenvalue weighted by Crippen LogP contribution is -2.49. The molecule has 7 nitrogen and oxygen atoms in total. The fourth-order valence-electron chi connectivity index (χ4n) is 3.04. The first-order valence-corrected chi connectivity index (χ1v) is 8.75. The number of aromatic nitrogens is 2. The molecule has 0 amide bonds. The number of nitrogens with zero attached hydrogens (tertiary/aromatic N) is 1. The van der Waals surface area contributed by atoms with E-state index >= 15 is 0 Å². The highest BCUT2D eigenvalue weighted by Gasteiger charge is 2.41. The molecule has 1 aliphatic heterocycles. The van der Waals surface area contributed by atoms with Gasteiger partial charge in [0.2, 0.25) is 12.2 Å². The molecule has 1 aromatic carbocycles. The minimum Gasteiger partial charge on any atom is -0.497 e. The minimum atomic E-state index is -4.71. The number of aromatic amines is 1. The van der Waals surface area contributed by atoms with E-state index in [2.05, 4.69) is 5.10 Å². The van der Waals surface area contributed by atoms with Gasteiger partial charge in [0.15, 0.2) is 6.17 Å². The van der Waals surface area contributed by atoms with Crippen LogP contribution in [-0.4, -0.2) is 58.8 Å². The summed E-state index contributed by atoms with van der Waals surface area (Å²) in [5, 5.41) is 24.4. The quantitative estimate of drug-likeness (QED) is 0.621. The van der Waals surface area contributed by atoms with Gasteiger partial charge in [-0.3, -0.25) is 5.10 Å². The van der Waals surface area contributed by atoms with Crippen LogP contribution in [0.15, 0.2) is 24.3 Å². The molecule has 3 N–H and O–H groups in total. The van der Waals surface area contributed by atoms with Crippen LogP contribution >= 0.6 is 0 Å². The average molecular weight is 420 g/mol. The van der Waals surface area contributed by atoms with E-state index in [1.807, 2.05) is 5.10 Å². The summed E-state index contributed by atoms with van der Waals surface area (Å²) in [6, 6.07) is 6.42. The van der Waals surface area contributed by atoms with E-state index in [-0.39, 0.29) is 24.3 Å². The standard InChI is InChI=1S/C18H20F4N2O5/c1-27-10-4-2-9(3-5-10)6-11-16(18(20,21)22)23-24-17(11)29-14-7-12(26)15(19)13(8-25)28-14/h2-5,12-15,25-26H,6-8H2,1H3,(H,23,24)/t12-,13-,14+,15+/m1/s1. The van der Waals surface area contributed by atoms with E-state index in [1.54, 1.807) is 24.3 Å². The molecule has 0 radical (unpaired) electrons. The van der Waals surface area contributed by atoms with Crippen LogP contribution in [0.4, 0.5) is 17.6 Å². The average Bonchev–Trinajstić information content (AvgIpc) is 3.07. The zero-order valence-electron chi connectivity index (χ0n) is 15.3. The van der Waals surface area contributed by atoms with Crippen molar-refractivity contribution < 1.29 is 42.0 Å². The third-order valence-corrected chi connectivity index (χ3v) is 4.56. The van der Waals surface area contributed by atoms with Crippen LogP contribution < -0.4 is 9.47 Å². The van der Waals surface area contributed by atoms with E-state index in [0.717, 1.165) is 0 Å². The van der Waals surface area contributed by atoms with E-state index in [4.69, 9.17) is 19.3 Å². The highest BCUT2D eigenvalue weighted by molar-refractivity contribution is 5.39. The van der Waals surface area contributed by atoms with Gasteiger partial charge in [-0.25, -0.2) is 4.39 Å². The molecule has 1 aliphatic rings. The van der Waals surface area contributed by atoms with Crippen LogP contribution in [0, 0.1) is 0 Å². The Labute approximate surface area is 163 Å². The molecule has 2 aromatic rings. The molecule has 4 atom stereocenters. The van der Waals surface area contributed by atoms with Gasteiger partial charge in [0.1, 0.15) is 17.5 Å². The highest BCUT2D eigenvalue weighted by atomic mass is 19.4. The van der Waals surface area contributed by atoms with Crippen molar-refractivity contribution in [2.45, 2.75) is 43.7 Å². The van der Waals surface area contributed by atoms with E-state index in [1.165, 1.54) is 7.11 Å². The summed E-state index contributed by atoms with van der Waals surface area (Å²) in [7, 11) is 1.47. The number of aliphatic hydroxyl groups is 2. The summed E-state index contributed by atoms with van der Waals surface area (Å²) >= 11 is 0. The predicted octanol–water partition coefficient (Wildman–Crippen LogP) is 2.21. The Kier molecular flexibility index (Phi) is 6.30. The molecule has 3 rings (SSSR count). The summed E-state index contributed by atoms with van der Waals surface area (Å²) in [6.07, 6.45) is -11.1. The van der Waals surface area contributed by atoms with E-state index in [9.17, 15) is 22.7 Å². The highest BCUT2D eigenvalue weighted by Crippen LogP contribution is 2.37. The van der Waals surface area contributed by atoms with Crippen LogP contribution in [0.1, 0.15) is 23.2 Å². The second-order valence-electron chi connectivity index (χ2n) is 6.56. The molecule has 1 aromatic heterocycles. The van der Waals surface area contributed by atoms with Crippen molar-refractivity contribution in [1.82, 2.24) is 10.2 Å². The van der Waals surface area contributed by atoms with Crippen molar-refractivity contribution >= 4 is 0 Å². The molecule has 29 heavy (non-hydrogen) atoms. The molecule has 1 saturated heterocycles. The number of rotatable bonds is 6. The van der Waals surface area contributed by atoms with Gasteiger partial charge in [-0.2, -0.15) is 13.2 Å². The third-order valence-electron chi connectivity index (χ3n) is 4.56. The van der Waals surface area contributed by atoms with Crippen molar-refractivity contribution in [2.24, 2.45) is 0 Å². The number of alkyl halides is 4. The second-order valence-corrected chi connectivity index (χ2v) is 6.56. The molecule has 1 fully saturated rings. The van der Waals surface area contributed by atoms with Crippen LogP contribution in [0.25, 0.3) is 0 Å². The van der Waals surface area contributed by atoms with Crippen LogP contribution in [0.2, 0.25) is 0 Å². The maximum Gasteiger partial charge on any atom is 0.433 e. The number of hydrogen-bond donors (Lipinski definition) is 3. The van der Waals surface area contributed by atoms with Crippen molar-refractivity contribution in [3.8, 4) is 11.6 Å². The molecular weight excluding hydrogens is 400 g/mol. The lowest BCUT2D eigenvalue weighted by molar-refractivity contribution is -0.215. The number of aliphatic hydroxyl groups excluding tert-OH is 2. The number of nitrogens with one attached hydrogen (secondary N) is 1. The Morgan fingerprint density at radius 2 is 1.97 bits per heavy atom. The van der Waals surface area contributed by atoms with Gasteiger partial charge in [0.25, 0.3) is 0 Å². The maximum absolute atomic E-state index is 13.8. The van der Waals surface area contributed by atoms with Gasteiger partial charge in [0, 0.05) is 12.8 Å². The van der Waals surface area contributed by atoms with Gasteiger partial charge >= 0.3 is 6.18 Å². The lowest BCUT2D eigenvalue weighted by atomic mass is 10.0. The summed E-state index contributed by atoms with van der Waals surface area (Å²) in [6.45, 7) is -0.717. The Morgan fingerprint density at radius 1 is 1.28 bits per heavy atom. The van der Waals surface area contributed by atoms with E-state index < -0.39 is 43.1 Å². The largest absolute Gasteiger partial charge is 0.497 e. The van der Waals surface area contributed by atoms with Crippen molar-refractivity contribution in [3.63, 3.8) is 0 Å². The number of benzene rings is 1. The monoisotopic (exact) mass is 420 g/mol. The molecular formula is C18H20F4N2O5. The normalized spacial score (nSPS) is 25.1. The van der Waals surface area contributed by atoms with Crippen LogP contribution in [-0.2, 0) is 17.3 Å². The van der Waals surface area contributed by atoms with Gasteiger partial charge < -0.3 is 24.4 Å². The lowest BCUT2D eigenvalue weighted by Gasteiger charge is -2.34. The Bertz CT molecular complexity index is 812. The minimum absolute atomic E-state index is 0.158. The molecule has 0 spiro atoms. The van der Waals surface area contributed by atoms with Crippen LogP contribution in [0.3, 0.4) is 0 Å². The smallest absolute Gasteiger partial charge is 0.433 e. The van der Waals surface area contributed by atoms with Crippen molar-refractivity contribution in [3.05, 3.63) is 41.1 Å². The van der Waals surface area contributed by atoms with Crippen LogP contribution in [0.5, 0.6) is 11.6 Å². The zero-order chi connectivity index (χ0) is 21.2. The number of ether oxygens (including phenoxy) is 3. The Morgan fingerprint density at radius 3 is 2.55 bits per heavy atom. The topological polar surface area (TPSA) is 96.8 Å². The SMILES string of the molecule is COc1ccc(Cc2c(O[C@H]3C[C@@H](O)[C@H](F)[C@@H](CO)O3)n[nH]c2C(F)(F)F)cc1. The second kappa shape index (κ2) is 8.56. The molecule has 11 heteroatoms. The first kappa shape index (κ1) is 21.3. The Hall–Kier alpha value is -2.37.